The number of nitrogens with one attached hydrogen (secondary N) is 1. The Morgan fingerprint density at radius 2 is 2.27 bits per heavy atom. The van der Waals surface area contributed by atoms with Crippen LogP contribution in [0.25, 0.3) is 0 Å². The van der Waals surface area contributed by atoms with Gasteiger partial charge in [0.05, 0.1) is 6.42 Å². The second-order valence-electron chi connectivity index (χ2n) is 4.16. The monoisotopic (exact) mass is 214 g/mol. The topological polar surface area (TPSA) is 52.6 Å². The summed E-state index contributed by atoms with van der Waals surface area (Å²) in [7, 11) is 0. The Balaban J connectivity index is 2.16. The van der Waals surface area contributed by atoms with E-state index in [2.05, 4.69) is 17.1 Å². The zero-order valence-electron chi connectivity index (χ0n) is 9.54. The van der Waals surface area contributed by atoms with Gasteiger partial charge in [-0.1, -0.05) is 6.92 Å². The molecule has 1 saturated heterocycles. The molecule has 1 aliphatic heterocycles. The molecule has 1 rings (SSSR count). The Kier molecular flexibility index (Phi) is 5.65. The molecule has 2 N–H and O–H groups in total. The first-order valence-corrected chi connectivity index (χ1v) is 5.90. The number of likely N-dealkylation sites (tertiary alicyclic amines) is 1. The third-order valence-corrected chi connectivity index (χ3v) is 3.04. The van der Waals surface area contributed by atoms with Gasteiger partial charge in [-0.15, -0.1) is 0 Å². The maximum absolute atomic E-state index is 10.4. The van der Waals surface area contributed by atoms with E-state index in [4.69, 9.17) is 5.11 Å². The Hall–Kier alpha value is -0.610. The maximum atomic E-state index is 10.4. The van der Waals surface area contributed by atoms with Crippen LogP contribution in [0.5, 0.6) is 0 Å². The van der Waals surface area contributed by atoms with E-state index in [0.717, 1.165) is 19.5 Å². The van der Waals surface area contributed by atoms with Crippen LogP contribution in [0.1, 0.15) is 32.6 Å². The highest BCUT2D eigenvalue weighted by Crippen LogP contribution is 2.10. The van der Waals surface area contributed by atoms with Crippen LogP contribution in [0, 0.1) is 0 Å². The summed E-state index contributed by atoms with van der Waals surface area (Å²) in [5.74, 6) is -0.716. The van der Waals surface area contributed by atoms with Gasteiger partial charge in [0.25, 0.3) is 0 Å². The summed E-state index contributed by atoms with van der Waals surface area (Å²) < 4.78 is 0. The molecule has 0 aromatic rings. The molecule has 0 bridgehead atoms. The zero-order valence-corrected chi connectivity index (χ0v) is 9.54. The van der Waals surface area contributed by atoms with Gasteiger partial charge in [0.15, 0.2) is 0 Å². The third kappa shape index (κ3) is 5.14. The van der Waals surface area contributed by atoms with Crippen molar-refractivity contribution in [2.75, 3.05) is 26.2 Å². The standard InChI is InChI=1S/C11H22N2O2/c1-2-13-8-3-4-10(6-9-13)12-7-5-11(14)15/h10,12H,2-9H2,1H3,(H,14,15). The molecular weight excluding hydrogens is 192 g/mol. The SMILES string of the molecule is CCN1CCCC(NCCC(=O)O)CC1. The van der Waals surface area contributed by atoms with E-state index in [0.29, 0.717) is 12.6 Å². The summed E-state index contributed by atoms with van der Waals surface area (Å²) in [6, 6.07) is 0.515. The number of rotatable bonds is 5. The molecule has 0 aliphatic carbocycles. The van der Waals surface area contributed by atoms with Gasteiger partial charge in [-0.25, -0.2) is 0 Å². The van der Waals surface area contributed by atoms with Gasteiger partial charge in [0, 0.05) is 12.6 Å². The van der Waals surface area contributed by atoms with Gasteiger partial charge in [-0.05, 0) is 38.9 Å². The lowest BCUT2D eigenvalue weighted by atomic mass is 10.1. The van der Waals surface area contributed by atoms with Crippen LogP contribution in [-0.4, -0.2) is 48.2 Å². The first-order valence-electron chi connectivity index (χ1n) is 5.90. The number of aliphatic carboxylic acids is 1. The van der Waals surface area contributed by atoms with Crippen molar-refractivity contribution in [3.63, 3.8) is 0 Å². The van der Waals surface area contributed by atoms with Gasteiger partial charge in [0.1, 0.15) is 0 Å². The van der Waals surface area contributed by atoms with E-state index >= 15 is 0 Å². The number of carboxylic acid groups (broad SMARTS) is 1. The van der Waals surface area contributed by atoms with E-state index in [1.807, 2.05) is 0 Å². The summed E-state index contributed by atoms with van der Waals surface area (Å²) in [6.07, 6.45) is 3.77. The lowest BCUT2D eigenvalue weighted by Gasteiger charge is -2.18. The number of hydrogen-bond donors (Lipinski definition) is 2. The van der Waals surface area contributed by atoms with Crippen molar-refractivity contribution in [3.8, 4) is 0 Å². The van der Waals surface area contributed by atoms with Crippen molar-refractivity contribution >= 4 is 5.97 Å². The highest BCUT2D eigenvalue weighted by molar-refractivity contribution is 5.66. The number of carbonyl (C=O) groups is 1. The van der Waals surface area contributed by atoms with Crippen LogP contribution < -0.4 is 5.32 Å². The molecule has 1 unspecified atom stereocenters. The van der Waals surface area contributed by atoms with Gasteiger partial charge in [0.2, 0.25) is 0 Å². The van der Waals surface area contributed by atoms with Crippen molar-refractivity contribution in [3.05, 3.63) is 0 Å². The Morgan fingerprint density at radius 1 is 1.47 bits per heavy atom. The number of hydrogen-bond acceptors (Lipinski definition) is 3. The molecule has 0 spiro atoms. The third-order valence-electron chi connectivity index (χ3n) is 3.04. The molecule has 0 radical (unpaired) electrons. The first-order chi connectivity index (χ1) is 7.22. The molecule has 1 fully saturated rings. The molecule has 4 nitrogen and oxygen atoms in total. The van der Waals surface area contributed by atoms with Crippen molar-refractivity contribution in [2.24, 2.45) is 0 Å². The fraction of sp³-hybridized carbons (Fsp3) is 0.909. The lowest BCUT2D eigenvalue weighted by molar-refractivity contribution is -0.136. The van der Waals surface area contributed by atoms with Gasteiger partial charge < -0.3 is 15.3 Å². The van der Waals surface area contributed by atoms with Crippen molar-refractivity contribution in [2.45, 2.75) is 38.6 Å². The minimum absolute atomic E-state index is 0.230. The van der Waals surface area contributed by atoms with Crippen LogP contribution in [0.3, 0.4) is 0 Å². The van der Waals surface area contributed by atoms with Crippen molar-refractivity contribution in [1.82, 2.24) is 10.2 Å². The van der Waals surface area contributed by atoms with E-state index in [1.54, 1.807) is 0 Å². The molecule has 4 heteroatoms. The van der Waals surface area contributed by atoms with Crippen LogP contribution in [0.15, 0.2) is 0 Å². The normalized spacial score (nSPS) is 23.7. The fourth-order valence-electron chi connectivity index (χ4n) is 2.06. The predicted molar refractivity (Wildman–Crippen MR) is 60.0 cm³/mol. The molecule has 1 atom stereocenters. The summed E-state index contributed by atoms with van der Waals surface area (Å²) >= 11 is 0. The maximum Gasteiger partial charge on any atom is 0.304 e. The molecule has 0 aromatic heterocycles. The largest absolute Gasteiger partial charge is 0.481 e. The summed E-state index contributed by atoms with van der Waals surface area (Å²) in [5.41, 5.74) is 0. The second-order valence-corrected chi connectivity index (χ2v) is 4.16. The van der Waals surface area contributed by atoms with E-state index in [9.17, 15) is 4.79 Å². The van der Waals surface area contributed by atoms with Crippen LogP contribution in [0.2, 0.25) is 0 Å². The lowest BCUT2D eigenvalue weighted by Crippen LogP contribution is -2.32. The first kappa shape index (κ1) is 12.5. The van der Waals surface area contributed by atoms with Gasteiger partial charge in [-0.3, -0.25) is 4.79 Å². The highest BCUT2D eigenvalue weighted by atomic mass is 16.4. The molecule has 88 valence electrons. The van der Waals surface area contributed by atoms with E-state index < -0.39 is 5.97 Å². The van der Waals surface area contributed by atoms with E-state index in [-0.39, 0.29) is 6.42 Å². The molecular formula is C11H22N2O2. The quantitative estimate of drug-likeness (QED) is 0.714. The minimum atomic E-state index is -0.716. The second kappa shape index (κ2) is 6.80. The molecule has 0 saturated carbocycles. The average molecular weight is 214 g/mol. The van der Waals surface area contributed by atoms with Crippen molar-refractivity contribution in [1.29, 1.82) is 0 Å². The van der Waals surface area contributed by atoms with Crippen LogP contribution in [0.4, 0.5) is 0 Å². The highest BCUT2D eigenvalue weighted by Gasteiger charge is 2.15. The Morgan fingerprint density at radius 3 is 2.93 bits per heavy atom. The number of carboxylic acids is 1. The summed E-state index contributed by atoms with van der Waals surface area (Å²) in [6.45, 7) is 6.25. The smallest absolute Gasteiger partial charge is 0.304 e. The molecule has 0 aromatic carbocycles. The van der Waals surface area contributed by atoms with Crippen LogP contribution in [-0.2, 0) is 4.79 Å². The summed E-state index contributed by atoms with van der Waals surface area (Å²) in [4.78, 5) is 12.8. The average Bonchev–Trinajstić information content (AvgIpc) is 2.42. The molecule has 1 heterocycles. The van der Waals surface area contributed by atoms with Crippen LogP contribution >= 0.6 is 0 Å². The summed E-state index contributed by atoms with van der Waals surface area (Å²) in [5, 5.41) is 11.9. The zero-order chi connectivity index (χ0) is 11.1. The van der Waals surface area contributed by atoms with Gasteiger partial charge >= 0.3 is 5.97 Å². The number of nitrogens with zero attached hydrogens (tertiary/aromatic N) is 1. The Labute approximate surface area is 91.6 Å². The predicted octanol–water partition coefficient (Wildman–Crippen LogP) is 0.925. The Bertz CT molecular complexity index is 197. The molecule has 1 aliphatic rings. The molecule has 0 amide bonds. The van der Waals surface area contributed by atoms with Gasteiger partial charge in [-0.2, -0.15) is 0 Å². The van der Waals surface area contributed by atoms with E-state index in [1.165, 1.54) is 19.4 Å². The fourth-order valence-corrected chi connectivity index (χ4v) is 2.06. The molecule has 15 heavy (non-hydrogen) atoms. The minimum Gasteiger partial charge on any atom is -0.481 e. The van der Waals surface area contributed by atoms with Crippen molar-refractivity contribution < 1.29 is 9.90 Å².